The van der Waals surface area contributed by atoms with E-state index < -0.39 is 0 Å². The lowest BCUT2D eigenvalue weighted by atomic mass is 10.0. The van der Waals surface area contributed by atoms with Gasteiger partial charge in [-0.2, -0.15) is 0 Å². The lowest BCUT2D eigenvalue weighted by Crippen LogP contribution is -2.10. The fourth-order valence-electron chi connectivity index (χ4n) is 2.24. The summed E-state index contributed by atoms with van der Waals surface area (Å²) in [6, 6.07) is 10.9. The highest BCUT2D eigenvalue weighted by molar-refractivity contribution is 5.62. The van der Waals surface area contributed by atoms with Crippen molar-refractivity contribution in [3.8, 4) is 5.75 Å². The molecule has 0 aliphatic rings. The molecular weight excluding hydrogens is 255 g/mol. The number of halogens is 1. The average Bonchev–Trinajstić information content (AvgIpc) is 2.42. The van der Waals surface area contributed by atoms with E-state index in [1.54, 1.807) is 6.07 Å². The van der Waals surface area contributed by atoms with Gasteiger partial charge in [0.1, 0.15) is 11.6 Å². The van der Waals surface area contributed by atoms with Gasteiger partial charge in [0.25, 0.3) is 0 Å². The predicted octanol–water partition coefficient (Wildman–Crippen LogP) is 3.90. The van der Waals surface area contributed by atoms with E-state index in [1.807, 2.05) is 38.1 Å². The zero-order valence-corrected chi connectivity index (χ0v) is 11.9. The Kier molecular flexibility index (Phi) is 4.13. The number of nitrogens with one attached hydrogen (secondary N) is 1. The van der Waals surface area contributed by atoms with E-state index in [1.165, 1.54) is 13.2 Å². The molecule has 2 aromatic carbocycles. The molecule has 0 aromatic heterocycles. The molecule has 2 rings (SSSR count). The van der Waals surface area contributed by atoms with Gasteiger partial charge in [-0.3, -0.25) is 0 Å². The summed E-state index contributed by atoms with van der Waals surface area (Å²) in [5.41, 5.74) is 8.64. The first-order valence-electron chi connectivity index (χ1n) is 6.48. The number of nitrogens with two attached hydrogens (primary N) is 1. The van der Waals surface area contributed by atoms with E-state index in [-0.39, 0.29) is 11.9 Å². The summed E-state index contributed by atoms with van der Waals surface area (Å²) >= 11 is 0. The fraction of sp³-hybridized carbons (Fsp3) is 0.250. The summed E-state index contributed by atoms with van der Waals surface area (Å²) in [7, 11) is 1.51. The van der Waals surface area contributed by atoms with Crippen LogP contribution in [0.4, 0.5) is 15.8 Å². The van der Waals surface area contributed by atoms with Gasteiger partial charge >= 0.3 is 0 Å². The standard InChI is InChI=1S/C16H19FN2O/c1-10-6-4-5-7-12(10)11(2)19-15-9-16(20-3)14(18)8-13(15)17/h4-9,11,19H,18H2,1-3H3. The Morgan fingerprint density at radius 3 is 2.60 bits per heavy atom. The molecule has 1 atom stereocenters. The van der Waals surface area contributed by atoms with Gasteiger partial charge < -0.3 is 15.8 Å². The molecule has 2 aromatic rings. The van der Waals surface area contributed by atoms with Crippen LogP contribution in [-0.4, -0.2) is 7.11 Å². The van der Waals surface area contributed by atoms with Crippen LogP contribution in [0.3, 0.4) is 0 Å². The Balaban J connectivity index is 2.28. The summed E-state index contributed by atoms with van der Waals surface area (Å²) in [5.74, 6) is 0.0783. The van der Waals surface area contributed by atoms with Crippen molar-refractivity contribution in [1.29, 1.82) is 0 Å². The smallest absolute Gasteiger partial charge is 0.148 e. The zero-order chi connectivity index (χ0) is 14.7. The van der Waals surface area contributed by atoms with E-state index in [2.05, 4.69) is 5.32 Å². The molecule has 0 heterocycles. The molecule has 0 amide bonds. The summed E-state index contributed by atoms with van der Waals surface area (Å²) in [5, 5.41) is 3.16. The van der Waals surface area contributed by atoms with Crippen molar-refractivity contribution < 1.29 is 9.13 Å². The Bertz CT molecular complexity index is 613. The van der Waals surface area contributed by atoms with Crippen LogP contribution in [0.1, 0.15) is 24.1 Å². The van der Waals surface area contributed by atoms with E-state index in [9.17, 15) is 4.39 Å². The number of ether oxygens (including phenoxy) is 1. The summed E-state index contributed by atoms with van der Waals surface area (Å²) < 4.78 is 19.1. The number of rotatable bonds is 4. The molecule has 0 aliphatic carbocycles. The Labute approximate surface area is 118 Å². The van der Waals surface area contributed by atoms with Crippen molar-refractivity contribution in [2.45, 2.75) is 19.9 Å². The van der Waals surface area contributed by atoms with Crippen molar-refractivity contribution in [2.24, 2.45) is 0 Å². The van der Waals surface area contributed by atoms with Gasteiger partial charge in [0, 0.05) is 18.2 Å². The van der Waals surface area contributed by atoms with Crippen LogP contribution in [0, 0.1) is 12.7 Å². The van der Waals surface area contributed by atoms with Gasteiger partial charge in [-0.15, -0.1) is 0 Å². The molecule has 0 radical (unpaired) electrons. The maximum Gasteiger partial charge on any atom is 0.148 e. The van der Waals surface area contributed by atoms with Gasteiger partial charge in [0.2, 0.25) is 0 Å². The fourth-order valence-corrected chi connectivity index (χ4v) is 2.24. The molecule has 20 heavy (non-hydrogen) atoms. The van der Waals surface area contributed by atoms with Gasteiger partial charge in [0.05, 0.1) is 18.5 Å². The van der Waals surface area contributed by atoms with Crippen molar-refractivity contribution >= 4 is 11.4 Å². The second-order valence-corrected chi connectivity index (χ2v) is 4.80. The van der Waals surface area contributed by atoms with Crippen molar-refractivity contribution in [1.82, 2.24) is 0 Å². The van der Waals surface area contributed by atoms with E-state index >= 15 is 0 Å². The normalized spacial score (nSPS) is 12.0. The highest BCUT2D eigenvalue weighted by Crippen LogP contribution is 2.31. The second kappa shape index (κ2) is 5.82. The Morgan fingerprint density at radius 1 is 1.25 bits per heavy atom. The highest BCUT2D eigenvalue weighted by Gasteiger charge is 2.13. The number of hydrogen-bond acceptors (Lipinski definition) is 3. The zero-order valence-electron chi connectivity index (χ0n) is 11.9. The summed E-state index contributed by atoms with van der Waals surface area (Å²) in [4.78, 5) is 0. The maximum atomic E-state index is 13.9. The second-order valence-electron chi connectivity index (χ2n) is 4.80. The van der Waals surface area contributed by atoms with Crippen LogP contribution in [0.2, 0.25) is 0 Å². The third kappa shape index (κ3) is 2.85. The number of methoxy groups -OCH3 is 1. The molecule has 0 spiro atoms. The average molecular weight is 274 g/mol. The molecule has 0 saturated carbocycles. The number of hydrogen-bond donors (Lipinski definition) is 2. The molecule has 3 nitrogen and oxygen atoms in total. The predicted molar refractivity (Wildman–Crippen MR) is 80.6 cm³/mol. The van der Waals surface area contributed by atoms with E-state index in [0.29, 0.717) is 17.1 Å². The molecule has 0 aliphatic heterocycles. The molecule has 0 saturated heterocycles. The maximum absolute atomic E-state index is 13.9. The lowest BCUT2D eigenvalue weighted by molar-refractivity contribution is 0.416. The van der Waals surface area contributed by atoms with Crippen molar-refractivity contribution in [2.75, 3.05) is 18.2 Å². The van der Waals surface area contributed by atoms with Crippen molar-refractivity contribution in [3.05, 3.63) is 53.3 Å². The molecule has 1 unspecified atom stereocenters. The largest absolute Gasteiger partial charge is 0.495 e. The Morgan fingerprint density at radius 2 is 1.95 bits per heavy atom. The van der Waals surface area contributed by atoms with Crippen LogP contribution in [0.25, 0.3) is 0 Å². The van der Waals surface area contributed by atoms with Crippen LogP contribution >= 0.6 is 0 Å². The van der Waals surface area contributed by atoms with E-state index in [4.69, 9.17) is 10.5 Å². The number of anilines is 2. The van der Waals surface area contributed by atoms with Gasteiger partial charge in [-0.1, -0.05) is 24.3 Å². The SMILES string of the molecule is COc1cc(NC(C)c2ccccc2C)c(F)cc1N. The third-order valence-corrected chi connectivity index (χ3v) is 3.35. The van der Waals surface area contributed by atoms with Gasteiger partial charge in [-0.05, 0) is 25.0 Å². The van der Waals surface area contributed by atoms with Crippen LogP contribution < -0.4 is 15.8 Å². The molecule has 4 heteroatoms. The van der Waals surface area contributed by atoms with Crippen LogP contribution in [0.5, 0.6) is 5.75 Å². The summed E-state index contributed by atoms with van der Waals surface area (Å²) in [6.07, 6.45) is 0. The quantitative estimate of drug-likeness (QED) is 0.831. The van der Waals surface area contributed by atoms with Crippen LogP contribution in [-0.2, 0) is 0 Å². The van der Waals surface area contributed by atoms with Gasteiger partial charge in [-0.25, -0.2) is 4.39 Å². The lowest BCUT2D eigenvalue weighted by Gasteiger charge is -2.19. The first-order chi connectivity index (χ1) is 9.52. The minimum absolute atomic E-state index is 0.0148. The molecule has 0 bridgehead atoms. The first-order valence-corrected chi connectivity index (χ1v) is 6.48. The molecule has 106 valence electrons. The minimum atomic E-state index is -0.385. The minimum Gasteiger partial charge on any atom is -0.495 e. The third-order valence-electron chi connectivity index (χ3n) is 3.35. The summed E-state index contributed by atoms with van der Waals surface area (Å²) in [6.45, 7) is 4.03. The topological polar surface area (TPSA) is 47.3 Å². The Hall–Kier alpha value is -2.23. The van der Waals surface area contributed by atoms with E-state index in [0.717, 1.165) is 11.1 Å². The first kappa shape index (κ1) is 14.2. The highest BCUT2D eigenvalue weighted by atomic mass is 19.1. The molecule has 0 fully saturated rings. The van der Waals surface area contributed by atoms with Crippen LogP contribution in [0.15, 0.2) is 36.4 Å². The monoisotopic (exact) mass is 274 g/mol. The number of aryl methyl sites for hydroxylation is 1. The van der Waals surface area contributed by atoms with Gasteiger partial charge in [0.15, 0.2) is 0 Å². The number of benzene rings is 2. The molecule has 3 N–H and O–H groups in total. The number of nitrogen functional groups attached to an aromatic ring is 1. The van der Waals surface area contributed by atoms with Crippen molar-refractivity contribution in [3.63, 3.8) is 0 Å². The molecular formula is C16H19FN2O.